The molecule has 0 fully saturated rings. The summed E-state index contributed by atoms with van der Waals surface area (Å²) in [4.78, 5) is 17.1. The molecule has 3 aromatic carbocycles. The van der Waals surface area contributed by atoms with Crippen molar-refractivity contribution in [1.29, 1.82) is 0 Å². The van der Waals surface area contributed by atoms with E-state index in [0.717, 1.165) is 45.3 Å². The first-order valence-corrected chi connectivity index (χ1v) is 11.6. The van der Waals surface area contributed by atoms with E-state index >= 15 is 0 Å². The Bertz CT molecular complexity index is 1210. The Morgan fingerprint density at radius 2 is 1.80 bits per heavy atom. The highest BCUT2D eigenvalue weighted by Crippen LogP contribution is 2.31. The fourth-order valence-corrected chi connectivity index (χ4v) is 5.54. The quantitative estimate of drug-likeness (QED) is 0.329. The number of nitrogens with one attached hydrogen (secondary N) is 1. The van der Waals surface area contributed by atoms with Crippen molar-refractivity contribution in [3.8, 4) is 0 Å². The summed E-state index contributed by atoms with van der Waals surface area (Å²) >= 11 is 3.43. The lowest BCUT2D eigenvalue weighted by Gasteiger charge is -2.04. The van der Waals surface area contributed by atoms with Gasteiger partial charge in [-0.3, -0.25) is 4.79 Å². The molecule has 0 unspecified atom stereocenters. The van der Waals surface area contributed by atoms with E-state index in [1.165, 1.54) is 10.3 Å². The molecular formula is C24H19N3OS2. The van der Waals surface area contributed by atoms with Crippen LogP contribution >= 0.6 is 23.1 Å². The first-order valence-electron chi connectivity index (χ1n) is 9.79. The van der Waals surface area contributed by atoms with Gasteiger partial charge >= 0.3 is 0 Å². The number of hydrogen-bond acceptors (Lipinski definition) is 5. The fourth-order valence-electron chi connectivity index (χ4n) is 3.52. The molecule has 4 aromatic rings. The molecule has 0 radical (unpaired) electrons. The zero-order valence-corrected chi connectivity index (χ0v) is 17.8. The van der Waals surface area contributed by atoms with Crippen molar-refractivity contribution < 1.29 is 4.79 Å². The lowest BCUT2D eigenvalue weighted by Crippen LogP contribution is -2.19. The zero-order valence-electron chi connectivity index (χ0n) is 16.2. The number of hydrazone groups is 1. The summed E-state index contributed by atoms with van der Waals surface area (Å²) < 4.78 is 2.27. The number of thiazole rings is 1. The van der Waals surface area contributed by atoms with Crippen LogP contribution in [0.5, 0.6) is 0 Å². The number of nitrogens with zero attached hydrogens (tertiary/aromatic N) is 2. The molecule has 0 spiro atoms. The number of aromatic nitrogens is 1. The zero-order chi connectivity index (χ0) is 20.3. The van der Waals surface area contributed by atoms with Crippen LogP contribution in [0.1, 0.15) is 33.5 Å². The summed E-state index contributed by atoms with van der Waals surface area (Å²) in [7, 11) is 0. The molecule has 0 atom stereocenters. The van der Waals surface area contributed by atoms with Gasteiger partial charge in [0.05, 0.1) is 15.9 Å². The van der Waals surface area contributed by atoms with Crippen molar-refractivity contribution >= 4 is 44.9 Å². The second-order valence-corrected chi connectivity index (χ2v) is 9.34. The highest BCUT2D eigenvalue weighted by atomic mass is 32.2. The molecule has 148 valence electrons. The third kappa shape index (κ3) is 4.01. The maximum absolute atomic E-state index is 12.5. The minimum absolute atomic E-state index is 0.183. The van der Waals surface area contributed by atoms with Gasteiger partial charge in [0, 0.05) is 16.9 Å². The minimum Gasteiger partial charge on any atom is -0.267 e. The molecule has 1 N–H and O–H groups in total. The Morgan fingerprint density at radius 3 is 2.67 bits per heavy atom. The molecule has 1 aliphatic carbocycles. The van der Waals surface area contributed by atoms with Gasteiger partial charge in [-0.1, -0.05) is 60.3 Å². The normalized spacial score (nSPS) is 14.2. The van der Waals surface area contributed by atoms with Crippen molar-refractivity contribution in [3.63, 3.8) is 0 Å². The number of fused-ring (bicyclic) bond motifs is 2. The molecule has 0 saturated heterocycles. The third-order valence-corrected chi connectivity index (χ3v) is 7.36. The lowest BCUT2D eigenvalue weighted by molar-refractivity contribution is 0.0955. The van der Waals surface area contributed by atoms with Gasteiger partial charge in [-0.25, -0.2) is 10.4 Å². The predicted molar refractivity (Wildman–Crippen MR) is 124 cm³/mol. The van der Waals surface area contributed by atoms with E-state index in [9.17, 15) is 4.79 Å². The van der Waals surface area contributed by atoms with Crippen LogP contribution < -0.4 is 5.43 Å². The molecule has 0 aliphatic heterocycles. The number of carbonyl (C=O) groups is 1. The van der Waals surface area contributed by atoms with Crippen molar-refractivity contribution in [2.24, 2.45) is 5.10 Å². The number of para-hydroxylation sites is 1. The van der Waals surface area contributed by atoms with E-state index in [1.54, 1.807) is 23.1 Å². The van der Waals surface area contributed by atoms with Crippen molar-refractivity contribution in [2.45, 2.75) is 22.9 Å². The summed E-state index contributed by atoms with van der Waals surface area (Å²) in [5, 5.41) is 4.37. The van der Waals surface area contributed by atoms with Gasteiger partial charge < -0.3 is 0 Å². The largest absolute Gasteiger partial charge is 0.271 e. The highest BCUT2D eigenvalue weighted by Gasteiger charge is 2.17. The Morgan fingerprint density at radius 1 is 1.00 bits per heavy atom. The lowest BCUT2D eigenvalue weighted by atomic mass is 10.1. The molecule has 30 heavy (non-hydrogen) atoms. The smallest absolute Gasteiger partial charge is 0.267 e. The third-order valence-electron chi connectivity index (χ3n) is 5.10. The topological polar surface area (TPSA) is 54.4 Å². The summed E-state index contributed by atoms with van der Waals surface area (Å²) in [5.41, 5.74) is 8.90. The maximum Gasteiger partial charge on any atom is 0.271 e. The van der Waals surface area contributed by atoms with Gasteiger partial charge in [-0.2, -0.15) is 5.10 Å². The van der Waals surface area contributed by atoms with Gasteiger partial charge in [-0.15, -0.1) is 11.3 Å². The monoisotopic (exact) mass is 429 g/mol. The van der Waals surface area contributed by atoms with E-state index in [2.05, 4.69) is 33.7 Å². The van der Waals surface area contributed by atoms with E-state index < -0.39 is 0 Å². The summed E-state index contributed by atoms with van der Waals surface area (Å²) in [6.07, 6.45) is 1.84. The van der Waals surface area contributed by atoms with Gasteiger partial charge in [0.2, 0.25) is 0 Å². The number of thioether (sulfide) groups is 1. The van der Waals surface area contributed by atoms with Gasteiger partial charge in [-0.05, 0) is 48.2 Å². The molecule has 1 aromatic heterocycles. The average Bonchev–Trinajstić information content (AvgIpc) is 3.40. The molecule has 1 heterocycles. The Balaban J connectivity index is 1.20. The molecule has 4 nitrogen and oxygen atoms in total. The number of benzene rings is 3. The van der Waals surface area contributed by atoms with Crippen LogP contribution in [0.3, 0.4) is 0 Å². The Hall–Kier alpha value is -2.96. The molecule has 0 bridgehead atoms. The first kappa shape index (κ1) is 19.0. The van der Waals surface area contributed by atoms with E-state index in [4.69, 9.17) is 0 Å². The first-order chi connectivity index (χ1) is 14.8. The number of rotatable bonds is 5. The van der Waals surface area contributed by atoms with Gasteiger partial charge in [0.15, 0.2) is 4.34 Å². The van der Waals surface area contributed by atoms with Crippen LogP contribution in [0.15, 0.2) is 82.2 Å². The van der Waals surface area contributed by atoms with Crippen LogP contribution in [0.4, 0.5) is 0 Å². The summed E-state index contributed by atoms with van der Waals surface area (Å²) in [6.45, 7) is 0. The van der Waals surface area contributed by atoms with Crippen LogP contribution in [0.25, 0.3) is 10.2 Å². The number of amides is 1. The van der Waals surface area contributed by atoms with Crippen LogP contribution in [-0.2, 0) is 12.2 Å². The molecular weight excluding hydrogens is 410 g/mol. The molecule has 6 heteroatoms. The number of carbonyl (C=O) groups excluding carboxylic acids is 1. The average molecular weight is 430 g/mol. The van der Waals surface area contributed by atoms with Crippen LogP contribution in [0.2, 0.25) is 0 Å². The predicted octanol–water partition coefficient (Wildman–Crippen LogP) is 5.67. The second-order valence-electron chi connectivity index (χ2n) is 7.09. The summed E-state index contributed by atoms with van der Waals surface area (Å²) in [6, 6.07) is 24.1. The number of aryl methyl sites for hydroxylation is 1. The van der Waals surface area contributed by atoms with E-state index in [0.29, 0.717) is 5.56 Å². The van der Waals surface area contributed by atoms with E-state index in [1.807, 2.05) is 54.6 Å². The Labute approximate surface area is 183 Å². The molecule has 0 saturated carbocycles. The van der Waals surface area contributed by atoms with Crippen molar-refractivity contribution in [1.82, 2.24) is 10.4 Å². The minimum atomic E-state index is -0.183. The maximum atomic E-state index is 12.5. The SMILES string of the molecule is O=C(NN=C1CCc2ccccc21)c1ccc(CSc2nc3ccccc3s2)cc1. The van der Waals surface area contributed by atoms with Crippen LogP contribution in [0, 0.1) is 0 Å². The standard InChI is InChI=1S/C24H19N3OS2/c28-23(27-26-20-14-13-17-5-1-2-6-19(17)20)18-11-9-16(10-12-18)15-29-24-25-21-7-3-4-8-22(21)30-24/h1-12H,13-15H2,(H,27,28). The van der Waals surface area contributed by atoms with Crippen molar-refractivity contribution in [3.05, 3.63) is 95.1 Å². The van der Waals surface area contributed by atoms with Crippen LogP contribution in [-0.4, -0.2) is 16.6 Å². The van der Waals surface area contributed by atoms with Crippen molar-refractivity contribution in [2.75, 3.05) is 0 Å². The van der Waals surface area contributed by atoms with E-state index in [-0.39, 0.29) is 5.91 Å². The molecule has 1 amide bonds. The van der Waals surface area contributed by atoms with Gasteiger partial charge in [0.25, 0.3) is 5.91 Å². The Kier molecular flexibility index (Phi) is 5.34. The summed E-state index contributed by atoms with van der Waals surface area (Å²) in [5.74, 6) is 0.637. The highest BCUT2D eigenvalue weighted by molar-refractivity contribution is 8.00. The van der Waals surface area contributed by atoms with Gasteiger partial charge in [0.1, 0.15) is 0 Å². The molecule has 1 aliphatic rings. The number of hydrogen-bond donors (Lipinski definition) is 1. The fraction of sp³-hybridized carbons (Fsp3) is 0.125. The second kappa shape index (κ2) is 8.42. The molecule has 5 rings (SSSR count).